The maximum atomic E-state index is 14.5. The van der Waals surface area contributed by atoms with E-state index in [0.29, 0.717) is 4.90 Å². The summed E-state index contributed by atoms with van der Waals surface area (Å²) in [5.74, 6) is -122. The Labute approximate surface area is 347 Å². The molecule has 0 aliphatic heterocycles. The van der Waals surface area contributed by atoms with E-state index in [1.165, 1.54) is 0 Å². The number of hydrogen-bond acceptors (Lipinski definition) is 1. The lowest BCUT2D eigenvalue weighted by Crippen LogP contribution is -2.74. The smallest absolute Gasteiger partial charge is 0.339 e. The number of amides is 1. The predicted octanol–water partition coefficient (Wildman–Crippen LogP) is 14.2. The van der Waals surface area contributed by atoms with Gasteiger partial charge < -0.3 is 4.90 Å². The number of alkyl halides is 34. The fourth-order valence-electron chi connectivity index (χ4n) is 4.65. The van der Waals surface area contributed by atoms with Gasteiger partial charge in [-0.3, -0.25) is 4.79 Å². The maximum absolute atomic E-state index is 14.5. The number of rotatable bonds is 19. The van der Waals surface area contributed by atoms with Gasteiger partial charge in [0, 0.05) is 18.7 Å². The molecule has 0 N–H and O–H groups in total. The molecule has 1 aromatic carbocycles. The Morgan fingerprint density at radius 2 is 0.567 bits per heavy atom. The van der Waals surface area contributed by atoms with Crippen molar-refractivity contribution in [3.05, 3.63) is 47.0 Å². The van der Waals surface area contributed by atoms with E-state index in [9.17, 15) is 154 Å². The molecule has 0 aromatic heterocycles. The number of allylic oxidation sites excluding steroid dienone is 2. The molecule has 67 heavy (non-hydrogen) atoms. The zero-order chi connectivity index (χ0) is 54.3. The molecule has 0 spiro atoms. The number of halogens is 34. The predicted molar refractivity (Wildman–Crippen MR) is 153 cm³/mol. The number of benzene rings is 1. The van der Waals surface area contributed by atoms with Crippen LogP contribution in [0.5, 0.6) is 0 Å². The van der Waals surface area contributed by atoms with E-state index in [2.05, 4.69) is 0 Å². The Morgan fingerprint density at radius 3 is 0.776 bits per heavy atom. The zero-order valence-electron chi connectivity index (χ0n) is 31.2. The molecule has 0 aliphatic rings. The molecule has 0 aliphatic carbocycles. The lowest BCUT2D eigenvalue weighted by Gasteiger charge is -2.42. The minimum atomic E-state index is -9.08. The van der Waals surface area contributed by atoms with Gasteiger partial charge in [-0.1, -0.05) is 12.2 Å². The number of carbonyl (C=O) groups excluding carboxylic acids is 1. The van der Waals surface area contributed by atoms with Gasteiger partial charge in [-0.2, -0.15) is 149 Å². The van der Waals surface area contributed by atoms with Crippen molar-refractivity contribution < 1.29 is 154 Å². The summed E-state index contributed by atoms with van der Waals surface area (Å²) in [6, 6.07) is -0.455. The first kappa shape index (κ1) is 60.8. The minimum absolute atomic E-state index is 0.0518. The molecular formula is C31H17F34NO. The van der Waals surface area contributed by atoms with E-state index in [0.717, 1.165) is 13.8 Å². The van der Waals surface area contributed by atoms with E-state index in [1.54, 1.807) is 0 Å². The van der Waals surface area contributed by atoms with Crippen molar-refractivity contribution in [1.29, 1.82) is 0 Å². The van der Waals surface area contributed by atoms with Gasteiger partial charge in [0.1, 0.15) is 0 Å². The van der Waals surface area contributed by atoms with E-state index in [-0.39, 0.29) is 18.2 Å². The largest absolute Gasteiger partial charge is 0.460 e. The lowest BCUT2D eigenvalue weighted by molar-refractivity contribution is -0.459. The first-order valence-electron chi connectivity index (χ1n) is 16.2. The summed E-state index contributed by atoms with van der Waals surface area (Å²) in [6.45, 7) is 1.07. The molecule has 390 valence electrons. The lowest BCUT2D eigenvalue weighted by atomic mass is 9.88. The van der Waals surface area contributed by atoms with Crippen molar-refractivity contribution in [3.63, 3.8) is 0 Å². The SMILES string of the molecule is CCN(CC)C(=O)c1cc(C=CC(F)(F)C(F)(F)C(F)(F)C(F)(F)C(F)(F)C(F)(F)C(F)(F)C(F)(F)F)cc(C=CC(F)(F)C(F)(F)C(F)(F)C(F)(F)C(F)(F)C(F)(F)C(F)(F)C(F)(F)F)c1. The minimum Gasteiger partial charge on any atom is -0.339 e. The van der Waals surface area contributed by atoms with E-state index >= 15 is 0 Å². The van der Waals surface area contributed by atoms with Crippen molar-refractivity contribution in [2.75, 3.05) is 13.1 Å². The highest BCUT2D eigenvalue weighted by Crippen LogP contribution is 2.66. The van der Waals surface area contributed by atoms with Crippen LogP contribution in [-0.2, 0) is 0 Å². The third-order valence-electron chi connectivity index (χ3n) is 8.74. The van der Waals surface area contributed by atoms with Crippen LogP contribution in [0.3, 0.4) is 0 Å². The van der Waals surface area contributed by atoms with Crippen molar-refractivity contribution in [2.24, 2.45) is 0 Å². The summed E-state index contributed by atoms with van der Waals surface area (Å²) in [5.41, 5.74) is -4.78. The van der Waals surface area contributed by atoms with E-state index in [4.69, 9.17) is 0 Å². The molecule has 0 saturated heterocycles. The Balaban J connectivity index is 4.08. The maximum Gasteiger partial charge on any atom is 0.460 e. The fourth-order valence-corrected chi connectivity index (χ4v) is 4.65. The molecule has 1 rings (SSSR count). The van der Waals surface area contributed by atoms with Crippen LogP contribution in [0.2, 0.25) is 0 Å². The van der Waals surface area contributed by atoms with Crippen LogP contribution in [0.15, 0.2) is 30.4 Å². The van der Waals surface area contributed by atoms with Gasteiger partial charge in [-0.05, 0) is 55.3 Å². The third-order valence-corrected chi connectivity index (χ3v) is 8.74. The van der Waals surface area contributed by atoms with Crippen molar-refractivity contribution in [3.8, 4) is 0 Å². The summed E-state index contributed by atoms with van der Waals surface area (Å²) in [4.78, 5) is 13.3. The van der Waals surface area contributed by atoms with Crippen LogP contribution in [0.4, 0.5) is 149 Å². The quantitative estimate of drug-likeness (QED) is 0.126. The van der Waals surface area contributed by atoms with Crippen molar-refractivity contribution in [2.45, 2.75) is 109 Å². The van der Waals surface area contributed by atoms with Gasteiger partial charge in [0.05, 0.1) is 0 Å². The van der Waals surface area contributed by atoms with Crippen LogP contribution >= 0.6 is 0 Å². The molecule has 1 amide bonds. The molecule has 0 fully saturated rings. The highest BCUT2D eigenvalue weighted by atomic mass is 19.4. The van der Waals surface area contributed by atoms with Crippen LogP contribution in [0.25, 0.3) is 12.2 Å². The van der Waals surface area contributed by atoms with Crippen LogP contribution in [-0.4, -0.2) is 119 Å². The summed E-state index contributed by atoms with van der Waals surface area (Å²) in [5, 5.41) is 0. The molecule has 2 nitrogen and oxygen atoms in total. The number of nitrogens with zero attached hydrogens (tertiary/aromatic N) is 1. The first-order chi connectivity index (χ1) is 28.9. The number of hydrogen-bond donors (Lipinski definition) is 0. The summed E-state index contributed by atoms with van der Waals surface area (Å²) in [7, 11) is 0. The van der Waals surface area contributed by atoms with Crippen LogP contribution in [0.1, 0.15) is 35.3 Å². The second-order valence-electron chi connectivity index (χ2n) is 13.2. The van der Waals surface area contributed by atoms with Crippen molar-refractivity contribution in [1.82, 2.24) is 4.90 Å². The summed E-state index contributed by atoms with van der Waals surface area (Å²) >= 11 is 0. The second kappa shape index (κ2) is 17.0. The number of carbonyl (C=O) groups is 1. The van der Waals surface area contributed by atoms with Gasteiger partial charge >= 0.3 is 95.3 Å². The Kier molecular flexibility index (Phi) is 15.5. The molecule has 0 radical (unpaired) electrons. The molecule has 0 bridgehead atoms. The van der Waals surface area contributed by atoms with Gasteiger partial charge in [0.2, 0.25) is 0 Å². The highest BCUT2D eigenvalue weighted by Gasteiger charge is 2.96. The van der Waals surface area contributed by atoms with Crippen molar-refractivity contribution >= 4 is 18.1 Å². The average Bonchev–Trinajstić information content (AvgIpc) is 3.14. The Bertz CT molecular complexity index is 1870. The van der Waals surface area contributed by atoms with Gasteiger partial charge in [-0.15, -0.1) is 0 Å². The second-order valence-corrected chi connectivity index (χ2v) is 13.2. The Hall–Kier alpha value is -4.21. The molecule has 36 heteroatoms. The standard InChI is InChI=1S/C31H17F34NO/c1-3-66(4-2)15(67)14-10-12(5-7-16(32,33)18(36,37)20(40,41)22(44,45)24(48,49)26(52,53)28(56,57)30(60,61)62)9-13(11-14)6-8-17(34,35)19(38,39)21(42,43)23(46,47)25(50,51)27(54,55)29(58,59)31(63,64)65/h5-11H,3-4H2,1-2H3. The zero-order valence-corrected chi connectivity index (χ0v) is 31.2. The topological polar surface area (TPSA) is 20.3 Å². The molecule has 0 unspecified atom stereocenters. The molecule has 0 saturated carbocycles. The monoisotopic (exact) mass is 1070 g/mol. The molecule has 0 atom stereocenters. The van der Waals surface area contributed by atoms with E-state index < -0.39 is 155 Å². The van der Waals surface area contributed by atoms with Crippen LogP contribution < -0.4 is 0 Å². The summed E-state index contributed by atoms with van der Waals surface area (Å²) in [6.07, 6.45) is -21.9. The van der Waals surface area contributed by atoms with Crippen LogP contribution in [0, 0.1) is 0 Å². The first-order valence-corrected chi connectivity index (χ1v) is 16.2. The Morgan fingerprint density at radius 1 is 0.358 bits per heavy atom. The fraction of sp³-hybridized carbons (Fsp3) is 0.645. The van der Waals surface area contributed by atoms with E-state index in [1.807, 2.05) is 0 Å². The summed E-state index contributed by atoms with van der Waals surface area (Å²) < 4.78 is 463. The molecular weight excluding hydrogens is 1050 g/mol. The normalized spacial score (nSPS) is 16.1. The van der Waals surface area contributed by atoms with Gasteiger partial charge in [-0.25, -0.2) is 0 Å². The highest BCUT2D eigenvalue weighted by molar-refractivity contribution is 5.95. The molecule has 0 heterocycles. The van der Waals surface area contributed by atoms with Gasteiger partial charge in [0.25, 0.3) is 5.91 Å². The van der Waals surface area contributed by atoms with Gasteiger partial charge in [0.15, 0.2) is 0 Å². The third kappa shape index (κ3) is 8.87. The average molecular weight is 1070 g/mol. The molecule has 1 aromatic rings.